The van der Waals surface area contributed by atoms with Crippen molar-refractivity contribution in [2.75, 3.05) is 13.1 Å². The van der Waals surface area contributed by atoms with Crippen molar-refractivity contribution in [2.45, 2.75) is 68.4 Å². The molecule has 1 heterocycles. The van der Waals surface area contributed by atoms with Gasteiger partial charge in [-0.2, -0.15) is 0 Å². The number of carbonyl (C=O) groups excluding carboxylic acids is 1. The highest BCUT2D eigenvalue weighted by Crippen LogP contribution is 2.43. The van der Waals surface area contributed by atoms with Gasteiger partial charge in [-0.05, 0) is 63.1 Å². The summed E-state index contributed by atoms with van der Waals surface area (Å²) in [5, 5.41) is 0. The summed E-state index contributed by atoms with van der Waals surface area (Å²) >= 11 is 0. The van der Waals surface area contributed by atoms with Crippen LogP contribution in [0.5, 0.6) is 0 Å². The van der Waals surface area contributed by atoms with Crippen LogP contribution in [0.25, 0.3) is 0 Å². The lowest BCUT2D eigenvalue weighted by Gasteiger charge is -2.36. The maximum Gasteiger partial charge on any atom is 0.244 e. The molecule has 0 radical (unpaired) electrons. The Hall–Kier alpha value is -1.36. The summed E-state index contributed by atoms with van der Waals surface area (Å²) in [6.07, 6.45) is 5.61. The highest BCUT2D eigenvalue weighted by Gasteiger charge is 2.54. The van der Waals surface area contributed by atoms with E-state index in [0.717, 1.165) is 43.2 Å². The summed E-state index contributed by atoms with van der Waals surface area (Å²) in [5.74, 6) is -0.152. The molecule has 0 spiro atoms. The topological polar surface area (TPSA) is 54.5 Å². The molecule has 1 aliphatic heterocycles. The van der Waals surface area contributed by atoms with Crippen LogP contribution in [0.15, 0.2) is 23.1 Å². The third kappa shape index (κ3) is 2.77. The van der Waals surface area contributed by atoms with Gasteiger partial charge in [0.15, 0.2) is 14.6 Å². The van der Waals surface area contributed by atoms with Gasteiger partial charge in [-0.3, -0.25) is 4.79 Å². The van der Waals surface area contributed by atoms with Crippen LogP contribution >= 0.6 is 0 Å². The molecule has 132 valence electrons. The van der Waals surface area contributed by atoms with Crippen LogP contribution in [0.3, 0.4) is 0 Å². The Morgan fingerprint density at radius 1 is 1.00 bits per heavy atom. The maximum absolute atomic E-state index is 13.6. The second kappa shape index (κ2) is 6.51. The quantitative estimate of drug-likeness (QED) is 0.840. The monoisotopic (exact) mass is 349 g/mol. The number of likely N-dealkylation sites (tertiary alicyclic amines) is 1. The smallest absolute Gasteiger partial charge is 0.244 e. The number of hydrogen-bond donors (Lipinski definition) is 0. The lowest BCUT2D eigenvalue weighted by Crippen LogP contribution is -2.53. The molecule has 5 heteroatoms. The van der Waals surface area contributed by atoms with E-state index >= 15 is 0 Å². The number of hydrogen-bond acceptors (Lipinski definition) is 3. The fourth-order valence-corrected chi connectivity index (χ4v) is 6.58. The number of amides is 1. The molecule has 0 N–H and O–H groups in total. The minimum Gasteiger partial charge on any atom is -0.341 e. The second-order valence-corrected chi connectivity index (χ2v) is 9.55. The van der Waals surface area contributed by atoms with Crippen molar-refractivity contribution in [1.82, 2.24) is 4.90 Å². The number of aryl methyl sites for hydroxylation is 2. The van der Waals surface area contributed by atoms with Crippen molar-refractivity contribution in [3.63, 3.8) is 0 Å². The van der Waals surface area contributed by atoms with Crippen LogP contribution in [0, 0.1) is 13.8 Å². The molecule has 2 fully saturated rings. The minimum atomic E-state index is -3.69. The van der Waals surface area contributed by atoms with Crippen molar-refractivity contribution in [2.24, 2.45) is 0 Å². The zero-order valence-electron chi connectivity index (χ0n) is 14.7. The molecule has 1 saturated carbocycles. The predicted octanol–water partition coefficient (Wildman–Crippen LogP) is 3.40. The van der Waals surface area contributed by atoms with Crippen molar-refractivity contribution >= 4 is 15.7 Å². The summed E-state index contributed by atoms with van der Waals surface area (Å²) in [6, 6.07) is 5.49. The minimum absolute atomic E-state index is 0.152. The Kier molecular flexibility index (Phi) is 4.73. The van der Waals surface area contributed by atoms with E-state index in [-0.39, 0.29) is 5.91 Å². The fourth-order valence-electron chi connectivity index (χ4n) is 4.14. The van der Waals surface area contributed by atoms with Gasteiger partial charge in [0.25, 0.3) is 0 Å². The predicted molar refractivity (Wildman–Crippen MR) is 94.7 cm³/mol. The standard InChI is InChI=1S/C19H27NO3S/c1-15-8-9-16(2)17(14-15)24(22,23)19(10-4-5-11-19)18(21)20-12-6-3-7-13-20/h8-9,14H,3-7,10-13H2,1-2H3. The lowest BCUT2D eigenvalue weighted by atomic mass is 10.0. The van der Waals surface area contributed by atoms with E-state index in [0.29, 0.717) is 30.8 Å². The van der Waals surface area contributed by atoms with E-state index in [1.165, 1.54) is 0 Å². The molecule has 4 nitrogen and oxygen atoms in total. The second-order valence-electron chi connectivity index (χ2n) is 7.33. The van der Waals surface area contributed by atoms with E-state index in [9.17, 15) is 13.2 Å². The Labute approximate surface area is 145 Å². The molecule has 2 aliphatic rings. The molecular formula is C19H27NO3S. The van der Waals surface area contributed by atoms with Gasteiger partial charge in [0.05, 0.1) is 4.90 Å². The number of sulfone groups is 1. The van der Waals surface area contributed by atoms with Gasteiger partial charge in [0.1, 0.15) is 0 Å². The van der Waals surface area contributed by atoms with Crippen molar-refractivity contribution in [1.29, 1.82) is 0 Å². The molecule has 24 heavy (non-hydrogen) atoms. The zero-order chi connectivity index (χ0) is 17.4. The van der Waals surface area contributed by atoms with Crippen LogP contribution in [0.2, 0.25) is 0 Å². The van der Waals surface area contributed by atoms with Gasteiger partial charge >= 0.3 is 0 Å². The van der Waals surface area contributed by atoms with Crippen molar-refractivity contribution in [3.8, 4) is 0 Å². The molecule has 1 amide bonds. The van der Waals surface area contributed by atoms with E-state index in [1.54, 1.807) is 11.0 Å². The summed E-state index contributed by atoms with van der Waals surface area (Å²) in [6.45, 7) is 5.11. The average molecular weight is 349 g/mol. The molecule has 1 saturated heterocycles. The van der Waals surface area contributed by atoms with E-state index in [1.807, 2.05) is 26.0 Å². The van der Waals surface area contributed by atoms with Crippen LogP contribution in [0.1, 0.15) is 56.1 Å². The number of rotatable bonds is 3. The maximum atomic E-state index is 13.6. The summed E-state index contributed by atoms with van der Waals surface area (Å²) in [7, 11) is -3.69. The summed E-state index contributed by atoms with van der Waals surface area (Å²) in [5.41, 5.74) is 1.65. The molecule has 1 aliphatic carbocycles. The molecule has 0 bridgehead atoms. The first-order valence-corrected chi connectivity index (χ1v) is 10.5. The summed E-state index contributed by atoms with van der Waals surface area (Å²) in [4.78, 5) is 15.4. The molecule has 1 aromatic carbocycles. The van der Waals surface area contributed by atoms with Crippen molar-refractivity contribution < 1.29 is 13.2 Å². The normalized spacial score (nSPS) is 21.0. The van der Waals surface area contributed by atoms with Crippen LogP contribution in [0.4, 0.5) is 0 Å². The van der Waals surface area contributed by atoms with Gasteiger partial charge in [-0.1, -0.05) is 25.0 Å². The lowest BCUT2D eigenvalue weighted by molar-refractivity contribution is -0.134. The van der Waals surface area contributed by atoms with Gasteiger partial charge in [0, 0.05) is 13.1 Å². The third-order valence-corrected chi connectivity index (χ3v) is 8.22. The first-order valence-electron chi connectivity index (χ1n) is 9.00. The number of benzene rings is 1. The number of piperidine rings is 1. The SMILES string of the molecule is Cc1ccc(C)c(S(=O)(=O)C2(C(=O)N3CCCCC3)CCCC2)c1. The zero-order valence-corrected chi connectivity index (χ0v) is 15.5. The Balaban J connectivity index is 2.06. The van der Waals surface area contributed by atoms with Gasteiger partial charge in [0.2, 0.25) is 5.91 Å². The number of carbonyl (C=O) groups is 1. The van der Waals surface area contributed by atoms with Crippen LogP contribution in [-0.2, 0) is 14.6 Å². The highest BCUT2D eigenvalue weighted by atomic mass is 32.2. The molecular weight excluding hydrogens is 322 g/mol. The van der Waals surface area contributed by atoms with Crippen LogP contribution in [-0.4, -0.2) is 37.1 Å². The van der Waals surface area contributed by atoms with Gasteiger partial charge in [-0.15, -0.1) is 0 Å². The van der Waals surface area contributed by atoms with E-state index < -0.39 is 14.6 Å². The number of nitrogens with zero attached hydrogens (tertiary/aromatic N) is 1. The fraction of sp³-hybridized carbons (Fsp3) is 0.632. The van der Waals surface area contributed by atoms with E-state index in [4.69, 9.17) is 0 Å². The van der Waals surface area contributed by atoms with E-state index in [2.05, 4.69) is 0 Å². The third-order valence-electron chi connectivity index (χ3n) is 5.59. The first kappa shape index (κ1) is 17.5. The molecule has 1 aromatic rings. The van der Waals surface area contributed by atoms with Crippen LogP contribution < -0.4 is 0 Å². The molecule has 3 rings (SSSR count). The molecule has 0 unspecified atom stereocenters. The summed E-state index contributed by atoms with van der Waals surface area (Å²) < 4.78 is 25.9. The van der Waals surface area contributed by atoms with Crippen molar-refractivity contribution in [3.05, 3.63) is 29.3 Å². The molecule has 0 atom stereocenters. The Morgan fingerprint density at radius 2 is 1.62 bits per heavy atom. The Bertz CT molecular complexity index is 727. The first-order chi connectivity index (χ1) is 11.4. The highest BCUT2D eigenvalue weighted by molar-refractivity contribution is 7.93. The molecule has 0 aromatic heterocycles. The van der Waals surface area contributed by atoms with Gasteiger partial charge in [-0.25, -0.2) is 8.42 Å². The largest absolute Gasteiger partial charge is 0.341 e. The average Bonchev–Trinajstić information content (AvgIpc) is 3.08. The van der Waals surface area contributed by atoms with Gasteiger partial charge < -0.3 is 4.90 Å². The Morgan fingerprint density at radius 3 is 2.25 bits per heavy atom.